The van der Waals surface area contributed by atoms with Crippen molar-refractivity contribution in [2.45, 2.75) is 86.5 Å². The van der Waals surface area contributed by atoms with Crippen molar-refractivity contribution >= 4 is 22.1 Å². The van der Waals surface area contributed by atoms with E-state index in [0.29, 0.717) is 0 Å². The second-order valence-corrected chi connectivity index (χ2v) is 19.7. The van der Waals surface area contributed by atoms with Gasteiger partial charge in [0.15, 0.2) is 0 Å². The van der Waals surface area contributed by atoms with E-state index < -0.39 is 18.4 Å². The summed E-state index contributed by atoms with van der Waals surface area (Å²) in [5.74, 6) is 0. The summed E-state index contributed by atoms with van der Waals surface area (Å²) in [4.78, 5) is 5.00. The van der Waals surface area contributed by atoms with E-state index in [4.69, 9.17) is 4.98 Å². The van der Waals surface area contributed by atoms with Crippen molar-refractivity contribution in [3.05, 3.63) is 23.4 Å². The third-order valence-electron chi connectivity index (χ3n) is 4.74. The second-order valence-electron chi connectivity index (χ2n) is 6.77. The Morgan fingerprint density at radius 1 is 0.857 bits per heavy atom. The van der Waals surface area contributed by atoms with Crippen molar-refractivity contribution in [3.8, 4) is 0 Å². The summed E-state index contributed by atoms with van der Waals surface area (Å²) in [6, 6.07) is 2.37. The summed E-state index contributed by atoms with van der Waals surface area (Å²) in [6.07, 6.45) is 10.4. The molecule has 0 amide bonds. The van der Waals surface area contributed by atoms with Gasteiger partial charge >= 0.3 is 137 Å². The van der Waals surface area contributed by atoms with Crippen LogP contribution >= 0.6 is 0 Å². The van der Waals surface area contributed by atoms with Gasteiger partial charge in [0, 0.05) is 0 Å². The van der Waals surface area contributed by atoms with Gasteiger partial charge in [-0.1, -0.05) is 0 Å². The predicted molar refractivity (Wildman–Crippen MR) is 98.2 cm³/mol. The minimum atomic E-state index is -2.30. The fraction of sp³-hybridized carbons (Fsp3) is 0.737. The Morgan fingerprint density at radius 3 is 1.71 bits per heavy atom. The standard InChI is InChI=1S/C7H8N.3C4H9.Sn/c1-6-3-7(2)5-8-4-6;3*1-3-4-2;/h3-4H,1-2H3;3*1,3-4H2,2H3;. The van der Waals surface area contributed by atoms with E-state index in [9.17, 15) is 0 Å². The Balaban J connectivity index is 3.15. The van der Waals surface area contributed by atoms with Gasteiger partial charge in [-0.15, -0.1) is 0 Å². The number of unbranched alkanes of at least 4 members (excludes halogenated alkanes) is 3. The second kappa shape index (κ2) is 9.86. The summed E-state index contributed by atoms with van der Waals surface area (Å²) in [5.41, 5.74) is 2.81. The molecule has 0 aliphatic heterocycles. The number of hydrogen-bond donors (Lipinski definition) is 0. The maximum atomic E-state index is 5.00. The molecule has 1 aromatic rings. The molecule has 0 aliphatic carbocycles. The average Bonchev–Trinajstić information content (AvgIpc) is 2.47. The summed E-state index contributed by atoms with van der Waals surface area (Å²) < 4.78 is 6.15. The Bertz CT molecular complexity index is 392. The van der Waals surface area contributed by atoms with Crippen LogP contribution in [0.2, 0.25) is 13.3 Å². The fourth-order valence-electron chi connectivity index (χ4n) is 3.55. The van der Waals surface area contributed by atoms with Gasteiger partial charge in [0.2, 0.25) is 0 Å². The maximum absolute atomic E-state index is 5.00. The molecule has 0 aliphatic rings. The molecule has 0 saturated heterocycles. The molecule has 1 heterocycles. The van der Waals surface area contributed by atoms with Crippen LogP contribution in [0, 0.1) is 13.8 Å². The first-order valence-corrected chi connectivity index (χ1v) is 16.5. The van der Waals surface area contributed by atoms with Crippen LogP contribution in [0.25, 0.3) is 0 Å². The van der Waals surface area contributed by atoms with Crippen LogP contribution in [0.3, 0.4) is 0 Å². The molecule has 1 rings (SSSR count). The first kappa shape index (κ1) is 19.0. The molecular formula is C19H35NSn. The number of aromatic nitrogens is 1. The molecule has 1 nitrogen and oxygen atoms in total. The van der Waals surface area contributed by atoms with Crippen LogP contribution in [0.1, 0.15) is 70.4 Å². The average molecular weight is 396 g/mol. The summed E-state index contributed by atoms with van der Waals surface area (Å²) in [7, 11) is 0. The Labute approximate surface area is 136 Å². The third kappa shape index (κ3) is 5.58. The van der Waals surface area contributed by atoms with E-state index in [1.54, 1.807) is 3.71 Å². The van der Waals surface area contributed by atoms with Gasteiger partial charge in [-0.05, 0) is 0 Å². The summed E-state index contributed by atoms with van der Waals surface area (Å²) >= 11 is -2.30. The van der Waals surface area contributed by atoms with Crippen LogP contribution in [-0.2, 0) is 0 Å². The normalized spacial score (nSPS) is 11.9. The van der Waals surface area contributed by atoms with E-state index >= 15 is 0 Å². The zero-order valence-corrected chi connectivity index (χ0v) is 17.8. The molecule has 0 radical (unpaired) electrons. The first-order valence-electron chi connectivity index (χ1n) is 9.03. The molecule has 0 atom stereocenters. The number of aryl methyl sites for hydroxylation is 2. The topological polar surface area (TPSA) is 12.9 Å². The number of nitrogens with zero attached hydrogens (tertiary/aromatic N) is 1. The summed E-state index contributed by atoms with van der Waals surface area (Å²) in [5, 5.41) is 0. The van der Waals surface area contributed by atoms with E-state index in [2.05, 4.69) is 46.9 Å². The Morgan fingerprint density at radius 2 is 1.33 bits per heavy atom. The molecule has 0 N–H and O–H groups in total. The van der Waals surface area contributed by atoms with E-state index in [0.717, 1.165) is 0 Å². The number of pyridine rings is 1. The minimum absolute atomic E-state index is 1.32. The molecule has 120 valence electrons. The number of hydrogen-bond acceptors (Lipinski definition) is 1. The van der Waals surface area contributed by atoms with Gasteiger partial charge in [-0.3, -0.25) is 0 Å². The Hall–Kier alpha value is -0.0513. The molecule has 0 fully saturated rings. The van der Waals surface area contributed by atoms with Crippen molar-refractivity contribution in [1.29, 1.82) is 0 Å². The first-order chi connectivity index (χ1) is 10.1. The molecular weight excluding hydrogens is 361 g/mol. The molecule has 0 bridgehead atoms. The fourth-order valence-corrected chi connectivity index (χ4v) is 20.1. The number of rotatable bonds is 10. The van der Waals surface area contributed by atoms with E-state index in [1.807, 2.05) is 0 Å². The monoisotopic (exact) mass is 397 g/mol. The van der Waals surface area contributed by atoms with Gasteiger partial charge in [0.1, 0.15) is 0 Å². The van der Waals surface area contributed by atoms with E-state index in [1.165, 1.54) is 63.0 Å². The van der Waals surface area contributed by atoms with Crippen LogP contribution in [0.5, 0.6) is 0 Å². The van der Waals surface area contributed by atoms with Gasteiger partial charge < -0.3 is 0 Å². The van der Waals surface area contributed by atoms with Crippen molar-refractivity contribution in [2.24, 2.45) is 0 Å². The van der Waals surface area contributed by atoms with Crippen molar-refractivity contribution in [3.63, 3.8) is 0 Å². The molecule has 0 aromatic carbocycles. The molecule has 0 unspecified atom stereocenters. The van der Waals surface area contributed by atoms with Gasteiger partial charge in [0.25, 0.3) is 0 Å². The van der Waals surface area contributed by atoms with Crippen LogP contribution in [-0.4, -0.2) is 23.4 Å². The quantitative estimate of drug-likeness (QED) is 0.459. The zero-order valence-electron chi connectivity index (χ0n) is 15.0. The SMILES string of the molecule is CCC[CH2][Sn]([CH2]CCC)([CH2]CCC)[c]1ncc(C)cc1C. The van der Waals surface area contributed by atoms with Gasteiger partial charge in [-0.25, -0.2) is 0 Å². The third-order valence-corrected chi connectivity index (χ3v) is 20.3. The van der Waals surface area contributed by atoms with Gasteiger partial charge in [-0.2, -0.15) is 0 Å². The molecule has 0 spiro atoms. The van der Waals surface area contributed by atoms with Crippen molar-refractivity contribution in [1.82, 2.24) is 4.98 Å². The van der Waals surface area contributed by atoms with Crippen LogP contribution in [0.4, 0.5) is 0 Å². The molecule has 21 heavy (non-hydrogen) atoms. The molecule has 2 heteroatoms. The van der Waals surface area contributed by atoms with Crippen molar-refractivity contribution < 1.29 is 0 Å². The molecule has 0 saturated carbocycles. The zero-order chi connectivity index (χ0) is 15.7. The molecule has 1 aromatic heterocycles. The van der Waals surface area contributed by atoms with Crippen molar-refractivity contribution in [2.75, 3.05) is 0 Å². The summed E-state index contributed by atoms with van der Waals surface area (Å²) in [6.45, 7) is 11.5. The van der Waals surface area contributed by atoms with E-state index in [-0.39, 0.29) is 0 Å². The van der Waals surface area contributed by atoms with Crippen LogP contribution in [0.15, 0.2) is 12.3 Å². The van der Waals surface area contributed by atoms with Gasteiger partial charge in [0.05, 0.1) is 0 Å². The van der Waals surface area contributed by atoms with Crippen LogP contribution < -0.4 is 3.71 Å². The predicted octanol–water partition coefficient (Wildman–Crippen LogP) is 5.75. The Kier molecular flexibility index (Phi) is 8.92.